The van der Waals surface area contributed by atoms with Crippen LogP contribution in [0.4, 0.5) is 0 Å². The van der Waals surface area contributed by atoms with Crippen molar-refractivity contribution >= 4 is 13.7 Å². The molecule has 0 aromatic rings. The number of nitrogens with zero attached hydrogens (tertiary/aromatic N) is 1. The van der Waals surface area contributed by atoms with Crippen molar-refractivity contribution < 1.29 is 32.9 Å². The lowest BCUT2D eigenvalue weighted by molar-refractivity contribution is -0.870. The lowest BCUT2D eigenvalue weighted by atomic mass is 10.1. The maximum atomic E-state index is 12.8. The van der Waals surface area contributed by atoms with Gasteiger partial charge in [-0.3, -0.25) is 9.36 Å². The molecule has 0 aliphatic rings. The first-order chi connectivity index (χ1) is 26.0. The molecule has 9 heteroatoms. The zero-order valence-electron chi connectivity index (χ0n) is 35.9. The number of nitrogens with one attached hydrogen (secondary N) is 1. The average Bonchev–Trinajstić information content (AvgIpc) is 3.12. The van der Waals surface area contributed by atoms with Crippen LogP contribution in [0.15, 0.2) is 36.5 Å². The highest BCUT2D eigenvalue weighted by Gasteiger charge is 2.23. The fourth-order valence-corrected chi connectivity index (χ4v) is 6.94. The number of phosphoric acid groups is 1. The van der Waals surface area contributed by atoms with Crippen LogP contribution >= 0.6 is 7.82 Å². The molecule has 0 aliphatic carbocycles. The Morgan fingerprint density at radius 2 is 1.04 bits per heavy atom. The summed E-state index contributed by atoms with van der Waals surface area (Å²) in [5, 5.41) is 13.7. The highest BCUT2D eigenvalue weighted by atomic mass is 31.2. The van der Waals surface area contributed by atoms with Crippen molar-refractivity contribution in [2.24, 2.45) is 0 Å². The van der Waals surface area contributed by atoms with Crippen molar-refractivity contribution in [2.45, 2.75) is 206 Å². The Hall–Kier alpha value is -1.28. The minimum Gasteiger partial charge on any atom is -0.756 e. The van der Waals surface area contributed by atoms with Gasteiger partial charge in [-0.25, -0.2) is 0 Å². The predicted octanol–water partition coefficient (Wildman–Crippen LogP) is 11.7. The fraction of sp³-hybridized carbons (Fsp3) is 0.844. The van der Waals surface area contributed by atoms with E-state index in [9.17, 15) is 19.4 Å². The Morgan fingerprint density at radius 1 is 0.630 bits per heavy atom. The van der Waals surface area contributed by atoms with Gasteiger partial charge in [-0.15, -0.1) is 0 Å². The molecule has 0 fully saturated rings. The number of aliphatic hydroxyl groups is 1. The Morgan fingerprint density at radius 3 is 1.50 bits per heavy atom. The van der Waals surface area contributed by atoms with Gasteiger partial charge < -0.3 is 28.8 Å². The van der Waals surface area contributed by atoms with Gasteiger partial charge in [-0.1, -0.05) is 166 Å². The van der Waals surface area contributed by atoms with Crippen molar-refractivity contribution in [3.8, 4) is 0 Å². The smallest absolute Gasteiger partial charge is 0.268 e. The van der Waals surface area contributed by atoms with Gasteiger partial charge in [0.2, 0.25) is 5.91 Å². The van der Waals surface area contributed by atoms with Crippen LogP contribution in [0, 0.1) is 0 Å². The molecule has 0 aliphatic heterocycles. The van der Waals surface area contributed by atoms with Crippen LogP contribution in [-0.4, -0.2) is 68.5 Å². The van der Waals surface area contributed by atoms with E-state index in [1.54, 1.807) is 6.08 Å². The number of amides is 1. The summed E-state index contributed by atoms with van der Waals surface area (Å²) in [6.07, 6.45) is 44.7. The highest BCUT2D eigenvalue weighted by Crippen LogP contribution is 2.38. The van der Waals surface area contributed by atoms with E-state index in [-0.39, 0.29) is 12.5 Å². The predicted molar refractivity (Wildman–Crippen MR) is 228 cm³/mol. The van der Waals surface area contributed by atoms with Crippen molar-refractivity contribution in [2.75, 3.05) is 40.9 Å². The second kappa shape index (κ2) is 37.3. The van der Waals surface area contributed by atoms with E-state index in [0.29, 0.717) is 17.4 Å². The van der Waals surface area contributed by atoms with Crippen molar-refractivity contribution in [3.05, 3.63) is 36.5 Å². The molecule has 318 valence electrons. The molecule has 0 aromatic carbocycles. The van der Waals surface area contributed by atoms with Crippen LogP contribution < -0.4 is 10.2 Å². The Bertz CT molecular complexity index is 980. The summed E-state index contributed by atoms with van der Waals surface area (Å²) in [5.41, 5.74) is 0. The van der Waals surface area contributed by atoms with Crippen LogP contribution in [0.5, 0.6) is 0 Å². The van der Waals surface area contributed by atoms with Crippen LogP contribution in [0.1, 0.15) is 194 Å². The van der Waals surface area contributed by atoms with Gasteiger partial charge in [0.05, 0.1) is 39.9 Å². The van der Waals surface area contributed by atoms with E-state index < -0.39 is 26.6 Å². The first-order valence-electron chi connectivity index (χ1n) is 22.4. The van der Waals surface area contributed by atoms with Crippen LogP contribution in [-0.2, 0) is 18.4 Å². The molecule has 54 heavy (non-hydrogen) atoms. The number of hydrogen-bond acceptors (Lipinski definition) is 6. The van der Waals surface area contributed by atoms with E-state index >= 15 is 0 Å². The highest BCUT2D eigenvalue weighted by molar-refractivity contribution is 7.45. The van der Waals surface area contributed by atoms with Crippen molar-refractivity contribution in [3.63, 3.8) is 0 Å². The average molecular weight is 783 g/mol. The number of unbranched alkanes of at least 4 members (excludes halogenated alkanes) is 23. The summed E-state index contributed by atoms with van der Waals surface area (Å²) < 4.78 is 23.2. The number of aliphatic hydroxyl groups excluding tert-OH is 1. The molecule has 2 N–H and O–H groups in total. The Balaban J connectivity index is 4.49. The number of allylic oxidation sites excluding steroid dienone is 5. The molecule has 0 saturated heterocycles. The van der Waals surface area contributed by atoms with Gasteiger partial charge in [-0.2, -0.15) is 0 Å². The molecular weight excluding hydrogens is 695 g/mol. The third-order valence-corrected chi connectivity index (χ3v) is 10.8. The van der Waals surface area contributed by atoms with E-state index in [2.05, 4.69) is 43.5 Å². The normalized spacial score (nSPS) is 14.7. The standard InChI is InChI=1S/C45H87N2O6P/c1-6-8-10-12-14-16-18-20-22-24-26-28-30-32-34-36-38-44(48)43(42-53-54(50,51)52-41-40-47(3,4)5)46-45(49)39-37-35-33-31-29-27-25-23-21-19-17-15-13-11-9-7-2/h23,25,28,30,36,38,43-44,48H,6-22,24,26-27,29,31-35,37,39-42H2,1-5H3,(H-,46,49,50,51)/b25-23-,30-28+,38-36+. The third kappa shape index (κ3) is 39.0. The first-order valence-corrected chi connectivity index (χ1v) is 23.8. The largest absolute Gasteiger partial charge is 0.756 e. The minimum absolute atomic E-state index is 0.00792. The maximum Gasteiger partial charge on any atom is 0.268 e. The zero-order valence-corrected chi connectivity index (χ0v) is 36.8. The van der Waals surface area contributed by atoms with Gasteiger partial charge in [-0.05, 0) is 57.8 Å². The minimum atomic E-state index is -4.59. The molecule has 3 unspecified atom stereocenters. The van der Waals surface area contributed by atoms with Crippen LogP contribution in [0.25, 0.3) is 0 Å². The molecule has 8 nitrogen and oxygen atoms in total. The second-order valence-corrected chi connectivity index (χ2v) is 17.8. The Kier molecular flexibility index (Phi) is 36.4. The summed E-state index contributed by atoms with van der Waals surface area (Å²) in [7, 11) is 1.24. The van der Waals surface area contributed by atoms with Crippen LogP contribution in [0.3, 0.4) is 0 Å². The van der Waals surface area contributed by atoms with Gasteiger partial charge in [0.15, 0.2) is 0 Å². The molecule has 0 spiro atoms. The SMILES string of the molecule is CCCCCCCCC/C=C\CCCCCCCC(=O)NC(COP(=O)([O-])OCC[N+](C)(C)C)C(O)/C=C/CC/C=C/CCCCCCCCCCCC. The molecule has 0 bridgehead atoms. The molecular formula is C45H87N2O6P. The quantitative estimate of drug-likeness (QED) is 0.0277. The molecule has 0 rings (SSSR count). The summed E-state index contributed by atoms with van der Waals surface area (Å²) >= 11 is 0. The number of likely N-dealkylation sites (N-methyl/N-ethyl adjacent to an activating group) is 1. The number of carbonyl (C=O) groups is 1. The number of quaternary nitrogens is 1. The fourth-order valence-electron chi connectivity index (χ4n) is 6.22. The van der Waals surface area contributed by atoms with Gasteiger partial charge >= 0.3 is 0 Å². The zero-order chi connectivity index (χ0) is 40.0. The number of rotatable bonds is 40. The Labute approximate surface area is 334 Å². The van der Waals surface area contributed by atoms with Crippen LogP contribution in [0.2, 0.25) is 0 Å². The van der Waals surface area contributed by atoms with E-state index in [1.807, 2.05) is 27.2 Å². The first kappa shape index (κ1) is 52.7. The van der Waals surface area contributed by atoms with E-state index in [0.717, 1.165) is 51.4 Å². The topological polar surface area (TPSA) is 108 Å². The summed E-state index contributed by atoms with van der Waals surface area (Å²) in [6.45, 7) is 4.61. The lowest BCUT2D eigenvalue weighted by Crippen LogP contribution is -2.45. The van der Waals surface area contributed by atoms with Gasteiger partial charge in [0, 0.05) is 6.42 Å². The maximum absolute atomic E-state index is 12.8. The lowest BCUT2D eigenvalue weighted by Gasteiger charge is -2.29. The molecule has 0 heterocycles. The molecule has 0 aromatic heterocycles. The second-order valence-electron chi connectivity index (χ2n) is 16.4. The summed E-state index contributed by atoms with van der Waals surface area (Å²) in [6, 6.07) is -0.905. The van der Waals surface area contributed by atoms with Gasteiger partial charge in [0.1, 0.15) is 13.2 Å². The van der Waals surface area contributed by atoms with Crippen molar-refractivity contribution in [1.29, 1.82) is 0 Å². The van der Waals surface area contributed by atoms with E-state index in [4.69, 9.17) is 9.05 Å². The number of phosphoric ester groups is 1. The number of hydrogen-bond donors (Lipinski definition) is 2. The molecule has 0 radical (unpaired) electrons. The van der Waals surface area contributed by atoms with Crippen molar-refractivity contribution in [1.82, 2.24) is 5.32 Å². The molecule has 3 atom stereocenters. The monoisotopic (exact) mass is 783 g/mol. The summed E-state index contributed by atoms with van der Waals surface area (Å²) in [5.74, 6) is -0.217. The van der Waals surface area contributed by atoms with E-state index in [1.165, 1.54) is 122 Å². The summed E-state index contributed by atoms with van der Waals surface area (Å²) in [4.78, 5) is 25.3. The van der Waals surface area contributed by atoms with Gasteiger partial charge in [0.25, 0.3) is 7.82 Å². The number of carbonyl (C=O) groups excluding carboxylic acids is 1. The third-order valence-electron chi connectivity index (χ3n) is 9.82. The molecule has 1 amide bonds. The molecule has 0 saturated carbocycles.